The lowest BCUT2D eigenvalue weighted by Crippen LogP contribution is -2.14. The Morgan fingerprint density at radius 3 is 2.08 bits per heavy atom. The van der Waals surface area contributed by atoms with Crippen LogP contribution in [0.3, 0.4) is 0 Å². The molecule has 0 aliphatic heterocycles. The predicted molar refractivity (Wildman–Crippen MR) is 101 cm³/mol. The van der Waals surface area contributed by atoms with E-state index >= 15 is 0 Å². The molecule has 1 aromatic rings. The summed E-state index contributed by atoms with van der Waals surface area (Å²) in [5.41, 5.74) is 1.94. The zero-order valence-electron chi connectivity index (χ0n) is 16.1. The van der Waals surface area contributed by atoms with Gasteiger partial charge in [0, 0.05) is 7.11 Å². The van der Waals surface area contributed by atoms with Crippen molar-refractivity contribution in [1.29, 1.82) is 0 Å². The highest BCUT2D eigenvalue weighted by atomic mass is 16.6. The van der Waals surface area contributed by atoms with Gasteiger partial charge in [-0.2, -0.15) is 0 Å². The Kier molecular flexibility index (Phi) is 9.67. The number of carbonyl (C=O) groups is 1. The number of carbonyl (C=O) groups excluding carboxylic acids is 1. The van der Waals surface area contributed by atoms with Crippen LogP contribution in [0.2, 0.25) is 0 Å². The first-order chi connectivity index (χ1) is 12.7. The van der Waals surface area contributed by atoms with Crippen LogP contribution < -0.4 is 0 Å². The molecule has 0 spiro atoms. The first-order valence-electron chi connectivity index (χ1n) is 9.62. The van der Waals surface area contributed by atoms with E-state index in [0.29, 0.717) is 44.5 Å². The summed E-state index contributed by atoms with van der Waals surface area (Å²) in [6, 6.07) is 7.90. The van der Waals surface area contributed by atoms with Crippen molar-refractivity contribution in [3.05, 3.63) is 35.4 Å². The predicted octanol–water partition coefficient (Wildman–Crippen LogP) is 3.82. The molecule has 146 valence electrons. The number of rotatable bonds is 11. The molecule has 0 bridgehead atoms. The molecule has 0 amide bonds. The molecule has 0 atom stereocenters. The van der Waals surface area contributed by atoms with E-state index in [9.17, 15) is 4.79 Å². The molecule has 0 aromatic heterocycles. The average Bonchev–Trinajstić information content (AvgIpc) is 2.67. The Labute approximate surface area is 157 Å². The molecule has 1 aliphatic rings. The summed E-state index contributed by atoms with van der Waals surface area (Å²) >= 11 is 0. The Morgan fingerprint density at radius 1 is 0.885 bits per heavy atom. The van der Waals surface area contributed by atoms with E-state index in [1.165, 1.54) is 31.2 Å². The van der Waals surface area contributed by atoms with Crippen molar-refractivity contribution in [3.63, 3.8) is 0 Å². The zero-order valence-corrected chi connectivity index (χ0v) is 16.1. The van der Waals surface area contributed by atoms with Crippen molar-refractivity contribution in [1.82, 2.24) is 0 Å². The fourth-order valence-electron chi connectivity index (χ4n) is 3.23. The molecule has 26 heavy (non-hydrogen) atoms. The van der Waals surface area contributed by atoms with Crippen LogP contribution in [0.4, 0.5) is 0 Å². The number of esters is 1. The molecule has 5 nitrogen and oxygen atoms in total. The highest BCUT2D eigenvalue weighted by Gasteiger charge is 2.19. The van der Waals surface area contributed by atoms with E-state index in [0.717, 1.165) is 5.92 Å². The van der Waals surface area contributed by atoms with Crippen LogP contribution in [0, 0.1) is 5.92 Å². The van der Waals surface area contributed by atoms with Gasteiger partial charge in [0.1, 0.15) is 6.61 Å². The largest absolute Gasteiger partial charge is 0.460 e. The van der Waals surface area contributed by atoms with Crippen LogP contribution >= 0.6 is 0 Å². The molecule has 1 aromatic carbocycles. The summed E-state index contributed by atoms with van der Waals surface area (Å²) in [5, 5.41) is 0. The molecule has 1 aliphatic carbocycles. The van der Waals surface area contributed by atoms with Crippen LogP contribution in [-0.4, -0.2) is 52.7 Å². The number of methoxy groups -OCH3 is 1. The van der Waals surface area contributed by atoms with Gasteiger partial charge < -0.3 is 18.9 Å². The fourth-order valence-corrected chi connectivity index (χ4v) is 3.23. The highest BCUT2D eigenvalue weighted by Crippen LogP contribution is 2.35. The van der Waals surface area contributed by atoms with Gasteiger partial charge in [0.25, 0.3) is 0 Å². The van der Waals surface area contributed by atoms with Crippen molar-refractivity contribution in [2.45, 2.75) is 38.5 Å². The molecule has 2 rings (SSSR count). The summed E-state index contributed by atoms with van der Waals surface area (Å²) in [4.78, 5) is 12.1. The minimum atomic E-state index is -0.297. The maximum atomic E-state index is 12.1. The van der Waals surface area contributed by atoms with E-state index in [4.69, 9.17) is 18.9 Å². The van der Waals surface area contributed by atoms with Crippen molar-refractivity contribution in [3.8, 4) is 0 Å². The van der Waals surface area contributed by atoms with E-state index < -0.39 is 0 Å². The zero-order chi connectivity index (χ0) is 18.6. The maximum absolute atomic E-state index is 12.1. The minimum Gasteiger partial charge on any atom is -0.460 e. The van der Waals surface area contributed by atoms with E-state index in [2.05, 4.69) is 19.1 Å². The van der Waals surface area contributed by atoms with Crippen LogP contribution in [0.15, 0.2) is 24.3 Å². The normalized spacial score (nSPS) is 20.1. The first-order valence-corrected chi connectivity index (χ1v) is 9.62. The minimum absolute atomic E-state index is 0.249. The molecule has 1 saturated carbocycles. The molecule has 0 N–H and O–H groups in total. The smallest absolute Gasteiger partial charge is 0.338 e. The van der Waals surface area contributed by atoms with Gasteiger partial charge in [0.15, 0.2) is 0 Å². The Morgan fingerprint density at radius 2 is 1.46 bits per heavy atom. The van der Waals surface area contributed by atoms with Gasteiger partial charge in [-0.3, -0.25) is 0 Å². The van der Waals surface area contributed by atoms with Crippen molar-refractivity contribution in [2.75, 3.05) is 46.8 Å². The summed E-state index contributed by atoms with van der Waals surface area (Å²) < 4.78 is 20.8. The lowest BCUT2D eigenvalue weighted by Gasteiger charge is -2.26. The second-order valence-corrected chi connectivity index (χ2v) is 6.93. The highest BCUT2D eigenvalue weighted by molar-refractivity contribution is 5.89. The summed E-state index contributed by atoms with van der Waals surface area (Å²) in [6.45, 7) is 5.08. The first kappa shape index (κ1) is 20.9. The SMILES string of the molecule is COCCOCCOCCOC(=O)c1ccc(C2CCC(C)CC2)cc1. The third-order valence-corrected chi connectivity index (χ3v) is 4.90. The number of hydrogen-bond acceptors (Lipinski definition) is 5. The second kappa shape index (κ2) is 12.0. The monoisotopic (exact) mass is 364 g/mol. The van der Waals surface area contributed by atoms with Gasteiger partial charge in [-0.25, -0.2) is 4.79 Å². The quantitative estimate of drug-likeness (QED) is 0.441. The van der Waals surface area contributed by atoms with Crippen LogP contribution in [0.1, 0.15) is 54.4 Å². The summed E-state index contributed by atoms with van der Waals surface area (Å²) in [6.07, 6.45) is 5.09. The molecule has 1 fully saturated rings. The third-order valence-electron chi connectivity index (χ3n) is 4.90. The Hall–Kier alpha value is -1.43. The van der Waals surface area contributed by atoms with Gasteiger partial charge >= 0.3 is 5.97 Å². The fraction of sp³-hybridized carbons (Fsp3) is 0.667. The molecule has 5 heteroatoms. The van der Waals surface area contributed by atoms with Crippen molar-refractivity contribution in [2.24, 2.45) is 5.92 Å². The second-order valence-electron chi connectivity index (χ2n) is 6.93. The summed E-state index contributed by atoms with van der Waals surface area (Å²) in [5.74, 6) is 1.18. The maximum Gasteiger partial charge on any atom is 0.338 e. The van der Waals surface area contributed by atoms with Crippen LogP contribution in [-0.2, 0) is 18.9 Å². The number of benzene rings is 1. The molecular weight excluding hydrogens is 332 g/mol. The van der Waals surface area contributed by atoms with Gasteiger partial charge in [0.2, 0.25) is 0 Å². The van der Waals surface area contributed by atoms with Gasteiger partial charge in [-0.05, 0) is 42.4 Å². The standard InChI is InChI=1S/C21H32O5/c1-17-3-5-18(6-4-17)19-7-9-20(10-8-19)21(22)26-16-15-25-14-13-24-12-11-23-2/h7-10,17-18H,3-6,11-16H2,1-2H3. The number of ether oxygens (including phenoxy) is 4. The van der Waals surface area contributed by atoms with Gasteiger partial charge in [-0.1, -0.05) is 31.9 Å². The Balaban J connectivity index is 1.60. The lowest BCUT2D eigenvalue weighted by atomic mass is 9.79. The molecule has 0 unspecified atom stereocenters. The number of hydrogen-bond donors (Lipinski definition) is 0. The average molecular weight is 364 g/mol. The molecule has 0 saturated heterocycles. The van der Waals surface area contributed by atoms with E-state index in [1.807, 2.05) is 12.1 Å². The van der Waals surface area contributed by atoms with Gasteiger partial charge in [0.05, 0.1) is 38.6 Å². The Bertz CT molecular complexity index is 506. The third kappa shape index (κ3) is 7.44. The van der Waals surface area contributed by atoms with Crippen molar-refractivity contribution >= 4 is 5.97 Å². The van der Waals surface area contributed by atoms with Crippen LogP contribution in [0.25, 0.3) is 0 Å². The van der Waals surface area contributed by atoms with E-state index in [-0.39, 0.29) is 12.6 Å². The topological polar surface area (TPSA) is 54.0 Å². The van der Waals surface area contributed by atoms with Crippen LogP contribution in [0.5, 0.6) is 0 Å². The van der Waals surface area contributed by atoms with E-state index in [1.54, 1.807) is 7.11 Å². The molecule has 0 radical (unpaired) electrons. The lowest BCUT2D eigenvalue weighted by molar-refractivity contribution is 0.00570. The molecular formula is C21H32O5. The molecule has 0 heterocycles. The van der Waals surface area contributed by atoms with Crippen molar-refractivity contribution < 1.29 is 23.7 Å². The summed E-state index contributed by atoms with van der Waals surface area (Å²) in [7, 11) is 1.64. The van der Waals surface area contributed by atoms with Gasteiger partial charge in [-0.15, -0.1) is 0 Å².